The van der Waals surface area contributed by atoms with Gasteiger partial charge in [0.1, 0.15) is 0 Å². The zero-order valence-corrected chi connectivity index (χ0v) is 12.2. The van der Waals surface area contributed by atoms with Gasteiger partial charge in [-0.15, -0.1) is 0 Å². The first-order chi connectivity index (χ1) is 10.6. The van der Waals surface area contributed by atoms with Crippen molar-refractivity contribution in [3.05, 3.63) is 64.5 Å². The average Bonchev–Trinajstić information content (AvgIpc) is 2.90. The lowest BCUT2D eigenvalue weighted by Gasteiger charge is -2.15. The molecule has 0 aliphatic heterocycles. The van der Waals surface area contributed by atoms with Gasteiger partial charge in [0.2, 0.25) is 0 Å². The standard InChI is InChI=1S/C17H16N2O3/c1-10-13(3-2-8-18-10)16(20)19-15-7-6-11-4-5-12(17(21)22)9-14(11)15/h2-5,8-9,15H,6-7H2,1H3,(H,19,20)(H,21,22)/t15-/m1/s1. The summed E-state index contributed by atoms with van der Waals surface area (Å²) in [5.74, 6) is -1.13. The Balaban J connectivity index is 1.84. The van der Waals surface area contributed by atoms with Crippen molar-refractivity contribution in [3.63, 3.8) is 0 Å². The van der Waals surface area contributed by atoms with E-state index in [0.717, 1.165) is 24.0 Å². The average molecular weight is 296 g/mol. The second-order valence-electron chi connectivity index (χ2n) is 5.42. The molecule has 0 spiro atoms. The van der Waals surface area contributed by atoms with E-state index in [1.165, 1.54) is 0 Å². The predicted octanol–water partition coefficient (Wildman–Crippen LogP) is 2.51. The van der Waals surface area contributed by atoms with E-state index in [9.17, 15) is 9.59 Å². The third-order valence-corrected chi connectivity index (χ3v) is 4.03. The van der Waals surface area contributed by atoms with Crippen LogP contribution in [-0.2, 0) is 6.42 Å². The van der Waals surface area contributed by atoms with Crippen LogP contribution in [0, 0.1) is 6.92 Å². The fraction of sp³-hybridized carbons (Fsp3) is 0.235. The number of fused-ring (bicyclic) bond motifs is 1. The Morgan fingerprint density at radius 3 is 2.86 bits per heavy atom. The quantitative estimate of drug-likeness (QED) is 0.912. The van der Waals surface area contributed by atoms with E-state index in [4.69, 9.17) is 5.11 Å². The monoisotopic (exact) mass is 296 g/mol. The molecule has 1 amide bonds. The van der Waals surface area contributed by atoms with Crippen molar-refractivity contribution < 1.29 is 14.7 Å². The van der Waals surface area contributed by atoms with Gasteiger partial charge >= 0.3 is 5.97 Å². The highest BCUT2D eigenvalue weighted by Gasteiger charge is 2.25. The number of carbonyl (C=O) groups excluding carboxylic acids is 1. The number of nitrogens with one attached hydrogen (secondary N) is 1. The summed E-state index contributed by atoms with van der Waals surface area (Å²) in [5.41, 5.74) is 3.47. The van der Waals surface area contributed by atoms with Crippen LogP contribution in [0.25, 0.3) is 0 Å². The van der Waals surface area contributed by atoms with Gasteiger partial charge in [-0.3, -0.25) is 9.78 Å². The fourth-order valence-electron chi connectivity index (χ4n) is 2.85. The van der Waals surface area contributed by atoms with Gasteiger partial charge in [-0.1, -0.05) is 6.07 Å². The number of hydrogen-bond acceptors (Lipinski definition) is 3. The summed E-state index contributed by atoms with van der Waals surface area (Å²) in [6.45, 7) is 1.79. The van der Waals surface area contributed by atoms with Gasteiger partial charge in [0.15, 0.2) is 0 Å². The Bertz CT molecular complexity index is 755. The van der Waals surface area contributed by atoms with Gasteiger partial charge < -0.3 is 10.4 Å². The van der Waals surface area contributed by atoms with Crippen molar-refractivity contribution in [2.45, 2.75) is 25.8 Å². The molecule has 1 heterocycles. The largest absolute Gasteiger partial charge is 0.478 e. The Morgan fingerprint density at radius 1 is 1.32 bits per heavy atom. The molecular weight excluding hydrogens is 280 g/mol. The van der Waals surface area contributed by atoms with E-state index < -0.39 is 5.97 Å². The highest BCUT2D eigenvalue weighted by atomic mass is 16.4. The third kappa shape index (κ3) is 2.57. The summed E-state index contributed by atoms with van der Waals surface area (Å²) in [6, 6.07) is 8.41. The lowest BCUT2D eigenvalue weighted by molar-refractivity contribution is 0.0696. The molecule has 0 bridgehead atoms. The number of aromatic nitrogens is 1. The third-order valence-electron chi connectivity index (χ3n) is 4.03. The molecule has 1 aromatic carbocycles. The SMILES string of the molecule is Cc1ncccc1C(=O)N[C@@H]1CCc2ccc(C(=O)O)cc21. The minimum Gasteiger partial charge on any atom is -0.478 e. The zero-order chi connectivity index (χ0) is 15.7. The van der Waals surface area contributed by atoms with E-state index in [-0.39, 0.29) is 17.5 Å². The molecule has 5 nitrogen and oxygen atoms in total. The number of aromatic carboxylic acids is 1. The maximum Gasteiger partial charge on any atom is 0.335 e. The molecule has 0 unspecified atom stereocenters. The topological polar surface area (TPSA) is 79.3 Å². The molecule has 3 rings (SSSR count). The van der Waals surface area contributed by atoms with E-state index >= 15 is 0 Å². The van der Waals surface area contributed by atoms with Crippen LogP contribution >= 0.6 is 0 Å². The molecule has 5 heteroatoms. The summed E-state index contributed by atoms with van der Waals surface area (Å²) in [7, 11) is 0. The van der Waals surface area contributed by atoms with Crippen LogP contribution in [0.5, 0.6) is 0 Å². The zero-order valence-electron chi connectivity index (χ0n) is 12.2. The molecule has 112 valence electrons. The summed E-state index contributed by atoms with van der Waals surface area (Å²) in [6.07, 6.45) is 3.27. The molecule has 22 heavy (non-hydrogen) atoms. The van der Waals surface area contributed by atoms with Gasteiger partial charge in [-0.25, -0.2) is 4.79 Å². The lowest BCUT2D eigenvalue weighted by Crippen LogP contribution is -2.28. The number of carboxylic acid groups (broad SMARTS) is 1. The van der Waals surface area contributed by atoms with Crippen molar-refractivity contribution >= 4 is 11.9 Å². The van der Waals surface area contributed by atoms with Crippen molar-refractivity contribution in [2.24, 2.45) is 0 Å². The maximum absolute atomic E-state index is 12.4. The first kappa shape index (κ1) is 14.3. The molecule has 0 radical (unpaired) electrons. The van der Waals surface area contributed by atoms with Crippen molar-refractivity contribution in [2.75, 3.05) is 0 Å². The number of aryl methyl sites for hydroxylation is 2. The van der Waals surface area contributed by atoms with Gasteiger partial charge in [0.25, 0.3) is 5.91 Å². The molecule has 1 atom stereocenters. The number of pyridine rings is 1. The summed E-state index contributed by atoms with van der Waals surface area (Å²) in [5, 5.41) is 12.1. The molecule has 0 saturated heterocycles. The summed E-state index contributed by atoms with van der Waals surface area (Å²) >= 11 is 0. The molecule has 2 aromatic rings. The highest BCUT2D eigenvalue weighted by molar-refractivity contribution is 5.95. The lowest BCUT2D eigenvalue weighted by atomic mass is 10.0. The smallest absolute Gasteiger partial charge is 0.335 e. The highest BCUT2D eigenvalue weighted by Crippen LogP contribution is 2.32. The van der Waals surface area contributed by atoms with Crippen molar-refractivity contribution in [3.8, 4) is 0 Å². The number of nitrogens with zero attached hydrogens (tertiary/aromatic N) is 1. The summed E-state index contributed by atoms with van der Waals surface area (Å²) in [4.78, 5) is 27.6. The van der Waals surface area contributed by atoms with E-state index in [0.29, 0.717) is 11.3 Å². The number of carboxylic acids is 1. The van der Waals surface area contributed by atoms with Crippen LogP contribution in [0.2, 0.25) is 0 Å². The van der Waals surface area contributed by atoms with Crippen LogP contribution in [0.1, 0.15) is 50.0 Å². The second-order valence-corrected chi connectivity index (χ2v) is 5.42. The molecule has 1 aromatic heterocycles. The van der Waals surface area contributed by atoms with E-state index in [1.807, 2.05) is 6.07 Å². The number of amides is 1. The Labute approximate surface area is 128 Å². The Morgan fingerprint density at radius 2 is 2.14 bits per heavy atom. The summed E-state index contributed by atoms with van der Waals surface area (Å²) < 4.78 is 0. The van der Waals surface area contributed by atoms with Gasteiger partial charge in [0.05, 0.1) is 17.2 Å². The molecule has 0 fully saturated rings. The Hall–Kier alpha value is -2.69. The predicted molar refractivity (Wildman–Crippen MR) is 80.9 cm³/mol. The van der Waals surface area contributed by atoms with Crippen molar-refractivity contribution in [1.29, 1.82) is 0 Å². The van der Waals surface area contributed by atoms with E-state index in [1.54, 1.807) is 37.4 Å². The van der Waals surface area contributed by atoms with Crippen LogP contribution < -0.4 is 5.32 Å². The van der Waals surface area contributed by atoms with Gasteiger partial charge in [-0.2, -0.15) is 0 Å². The molecule has 2 N–H and O–H groups in total. The normalized spacial score (nSPS) is 16.1. The minimum absolute atomic E-state index is 0.151. The van der Waals surface area contributed by atoms with Crippen LogP contribution in [0.4, 0.5) is 0 Å². The van der Waals surface area contributed by atoms with E-state index in [2.05, 4.69) is 10.3 Å². The number of benzene rings is 1. The first-order valence-corrected chi connectivity index (χ1v) is 7.15. The number of carbonyl (C=O) groups is 2. The Kier molecular flexibility index (Phi) is 3.63. The molecule has 1 aliphatic carbocycles. The van der Waals surface area contributed by atoms with Crippen LogP contribution in [-0.4, -0.2) is 22.0 Å². The van der Waals surface area contributed by atoms with Gasteiger partial charge in [0, 0.05) is 11.9 Å². The first-order valence-electron chi connectivity index (χ1n) is 7.15. The van der Waals surface area contributed by atoms with Crippen LogP contribution in [0.15, 0.2) is 36.5 Å². The molecule has 1 aliphatic rings. The fourth-order valence-corrected chi connectivity index (χ4v) is 2.85. The minimum atomic E-state index is -0.956. The molecular formula is C17H16N2O3. The van der Waals surface area contributed by atoms with Gasteiger partial charge in [-0.05, 0) is 55.2 Å². The van der Waals surface area contributed by atoms with Crippen molar-refractivity contribution in [1.82, 2.24) is 10.3 Å². The molecule has 0 saturated carbocycles. The number of rotatable bonds is 3. The van der Waals surface area contributed by atoms with Crippen LogP contribution in [0.3, 0.4) is 0 Å². The second kappa shape index (κ2) is 5.60. The number of hydrogen-bond donors (Lipinski definition) is 2. The maximum atomic E-state index is 12.4.